The molecular weight excluding hydrogens is 568 g/mol. The van der Waals surface area contributed by atoms with Crippen molar-refractivity contribution in [3.8, 4) is 12.3 Å². The van der Waals surface area contributed by atoms with Crippen LogP contribution in [0.3, 0.4) is 0 Å². The third-order valence-electron chi connectivity index (χ3n) is 12.1. The maximum atomic E-state index is 11.8. The van der Waals surface area contributed by atoms with Crippen molar-refractivity contribution >= 4 is 11.8 Å². The van der Waals surface area contributed by atoms with Crippen LogP contribution in [0.4, 0.5) is 0 Å². The lowest BCUT2D eigenvalue weighted by atomic mass is 9.48. The summed E-state index contributed by atoms with van der Waals surface area (Å²) in [5.41, 5.74) is 6.57. The molecule has 0 saturated heterocycles. The van der Waals surface area contributed by atoms with Crippen molar-refractivity contribution in [2.75, 3.05) is 0 Å². The minimum atomic E-state index is -0.973. The number of carbonyl (C=O) groups is 2. The number of terminal acetylenes is 1. The first kappa shape index (κ1) is 35.7. The molecule has 248 valence electrons. The zero-order valence-corrected chi connectivity index (χ0v) is 29.1. The van der Waals surface area contributed by atoms with Crippen LogP contribution < -0.4 is 0 Å². The zero-order valence-electron chi connectivity index (χ0n) is 29.1. The highest BCUT2D eigenvalue weighted by atomic mass is 16.4. The van der Waals surface area contributed by atoms with Gasteiger partial charge in [0.15, 0.2) is 5.78 Å². The molecule has 0 aromatic heterocycles. The smallest absolute Gasteiger partial charge is 0.328 e. The third kappa shape index (κ3) is 7.21. The molecule has 2 N–H and O–H groups in total. The molecule has 0 aromatic carbocycles. The molecule has 0 aromatic rings. The predicted octanol–water partition coefficient (Wildman–Crippen LogP) is 9.65. The molecule has 3 saturated carbocycles. The molecule has 5 aliphatic carbocycles. The van der Waals surface area contributed by atoms with Crippen molar-refractivity contribution in [1.82, 2.24) is 0 Å². The Bertz CT molecular complexity index is 1450. The number of rotatable bonds is 6. The molecule has 4 nitrogen and oxygen atoms in total. The first-order valence-corrected chi connectivity index (χ1v) is 17.4. The van der Waals surface area contributed by atoms with Gasteiger partial charge in [-0.1, -0.05) is 85.9 Å². The Morgan fingerprint density at radius 2 is 1.85 bits per heavy atom. The summed E-state index contributed by atoms with van der Waals surface area (Å²) in [6, 6.07) is 0. The lowest BCUT2D eigenvalue weighted by Gasteiger charge is -2.56. The van der Waals surface area contributed by atoms with Crippen LogP contribution in [0.15, 0.2) is 82.5 Å². The number of hydrogen-bond donors (Lipinski definition) is 2. The minimum Gasteiger partial charge on any atom is -0.478 e. The maximum Gasteiger partial charge on any atom is 0.328 e. The van der Waals surface area contributed by atoms with Gasteiger partial charge in [0.05, 0.1) is 0 Å². The molecule has 0 unspecified atom stereocenters. The molecule has 4 heteroatoms. The second-order valence-electron chi connectivity index (χ2n) is 15.3. The third-order valence-corrected chi connectivity index (χ3v) is 12.1. The number of hydrogen-bond acceptors (Lipinski definition) is 3. The fourth-order valence-corrected chi connectivity index (χ4v) is 9.78. The molecule has 0 heterocycles. The van der Waals surface area contributed by atoms with Crippen molar-refractivity contribution in [3.63, 3.8) is 0 Å². The van der Waals surface area contributed by atoms with E-state index in [1.54, 1.807) is 13.0 Å². The molecule has 6 atom stereocenters. The van der Waals surface area contributed by atoms with Crippen LogP contribution in [0.2, 0.25) is 0 Å². The summed E-state index contributed by atoms with van der Waals surface area (Å²) in [6.45, 7) is 17.4. The molecule has 0 bridgehead atoms. The Labute approximate surface area is 278 Å². The number of allylic oxidation sites excluding steroid dienone is 11. The SMILES string of the molecule is C#C[C@]1(O)CC[C@H]2[C@@H]3CCC4=CC(=O)CC[C@@H]4[C@H]3C(=C)C[C@@]21CC.CC1=C(/C=C/C(C)=C/C=C/C(C)=C/C(=O)O)C(C)(C)CCC1. The number of ketones is 1. The molecular formula is C42H56O4. The monoisotopic (exact) mass is 624 g/mol. The van der Waals surface area contributed by atoms with Gasteiger partial charge < -0.3 is 10.2 Å². The summed E-state index contributed by atoms with van der Waals surface area (Å²) >= 11 is 0. The van der Waals surface area contributed by atoms with E-state index in [4.69, 9.17) is 11.5 Å². The standard InChI is InChI=1S/C22H28O2.C20H28O2/c1-4-21-13-14(3)20-17-9-7-16(23)12-15(17)6-8-18(20)19(21)10-11-22(21,24)5-2;1-15(8-6-9-16(2)14-19(21)22)11-12-18-17(3)10-7-13-20(18,4)5/h2,12,17-20,24H,3-4,6-11,13H2,1H3;6,8-9,11-12,14H,7,10,13H2,1-5H3,(H,21,22)/b;9-6+,12-11+,15-8+,16-14+/t17-,18-,19-,20+,21-,22-;/m0./s1. The molecule has 0 amide bonds. The molecule has 46 heavy (non-hydrogen) atoms. The number of aliphatic hydroxyl groups is 1. The Morgan fingerprint density at radius 1 is 1.11 bits per heavy atom. The van der Waals surface area contributed by atoms with Crippen molar-refractivity contribution in [2.24, 2.45) is 34.5 Å². The number of carboxylic acids is 1. The van der Waals surface area contributed by atoms with Crippen molar-refractivity contribution in [2.45, 2.75) is 118 Å². The fraction of sp³-hybridized carbons (Fsp3) is 0.571. The van der Waals surface area contributed by atoms with Gasteiger partial charge in [0.25, 0.3) is 0 Å². The zero-order chi connectivity index (χ0) is 33.9. The summed E-state index contributed by atoms with van der Waals surface area (Å²) in [4.78, 5) is 22.3. The predicted molar refractivity (Wildman–Crippen MR) is 189 cm³/mol. The highest BCUT2D eigenvalue weighted by Crippen LogP contribution is 2.67. The van der Waals surface area contributed by atoms with E-state index in [-0.39, 0.29) is 10.8 Å². The summed E-state index contributed by atoms with van der Waals surface area (Å²) in [5.74, 6) is 4.22. The van der Waals surface area contributed by atoms with Crippen molar-refractivity contribution in [3.05, 3.63) is 82.5 Å². The topological polar surface area (TPSA) is 74.6 Å². The first-order chi connectivity index (χ1) is 21.7. The second-order valence-corrected chi connectivity index (χ2v) is 15.3. The number of aliphatic carboxylic acids is 1. The van der Waals surface area contributed by atoms with Crippen LogP contribution in [0.5, 0.6) is 0 Å². The van der Waals surface area contributed by atoms with Gasteiger partial charge in [0, 0.05) is 17.9 Å². The molecule has 3 fully saturated rings. The second kappa shape index (κ2) is 14.3. The van der Waals surface area contributed by atoms with Gasteiger partial charge in [-0.15, -0.1) is 6.42 Å². The average molecular weight is 625 g/mol. The fourth-order valence-electron chi connectivity index (χ4n) is 9.78. The van der Waals surface area contributed by atoms with Crippen LogP contribution in [0, 0.1) is 46.8 Å². The number of carboxylic acid groups (broad SMARTS) is 1. The van der Waals surface area contributed by atoms with E-state index in [2.05, 4.69) is 59.3 Å². The molecule has 5 aliphatic rings. The van der Waals surface area contributed by atoms with Gasteiger partial charge in [-0.2, -0.15) is 0 Å². The maximum absolute atomic E-state index is 11.8. The van der Waals surface area contributed by atoms with Gasteiger partial charge in [-0.25, -0.2) is 4.79 Å². The van der Waals surface area contributed by atoms with Gasteiger partial charge in [0.2, 0.25) is 0 Å². The van der Waals surface area contributed by atoms with E-state index >= 15 is 0 Å². The van der Waals surface area contributed by atoms with E-state index in [0.29, 0.717) is 35.9 Å². The van der Waals surface area contributed by atoms with Gasteiger partial charge in [0.1, 0.15) is 5.60 Å². The van der Waals surface area contributed by atoms with Crippen LogP contribution in [-0.2, 0) is 9.59 Å². The number of fused-ring (bicyclic) bond motifs is 5. The lowest BCUT2D eigenvalue weighted by Crippen LogP contribution is -2.54. The van der Waals surface area contributed by atoms with E-state index < -0.39 is 11.6 Å². The van der Waals surface area contributed by atoms with Crippen molar-refractivity contribution < 1.29 is 19.8 Å². The average Bonchev–Trinajstić information content (AvgIpc) is 3.28. The summed E-state index contributed by atoms with van der Waals surface area (Å²) < 4.78 is 0. The van der Waals surface area contributed by atoms with E-state index in [0.717, 1.165) is 56.1 Å². The van der Waals surface area contributed by atoms with Gasteiger partial charge >= 0.3 is 5.97 Å². The van der Waals surface area contributed by atoms with E-state index in [1.165, 1.54) is 47.6 Å². The van der Waals surface area contributed by atoms with Crippen LogP contribution in [0.25, 0.3) is 0 Å². The van der Waals surface area contributed by atoms with E-state index in [1.807, 2.05) is 18.2 Å². The highest BCUT2D eigenvalue weighted by molar-refractivity contribution is 5.91. The van der Waals surface area contributed by atoms with Gasteiger partial charge in [-0.3, -0.25) is 4.79 Å². The molecule has 0 spiro atoms. The van der Waals surface area contributed by atoms with Crippen molar-refractivity contribution in [1.29, 1.82) is 0 Å². The first-order valence-electron chi connectivity index (χ1n) is 17.4. The Kier molecular flexibility index (Phi) is 11.1. The molecule has 0 aliphatic heterocycles. The largest absolute Gasteiger partial charge is 0.478 e. The van der Waals surface area contributed by atoms with E-state index in [9.17, 15) is 14.7 Å². The Hall–Kier alpha value is -3.16. The minimum absolute atomic E-state index is 0.189. The van der Waals surface area contributed by atoms with Crippen LogP contribution in [0.1, 0.15) is 112 Å². The number of carbonyl (C=O) groups excluding carboxylic acids is 1. The Balaban J connectivity index is 0.000000210. The highest BCUT2D eigenvalue weighted by Gasteiger charge is 2.64. The quantitative estimate of drug-likeness (QED) is 0.134. The molecule has 0 radical (unpaired) electrons. The molecule has 5 rings (SSSR count). The normalized spacial score (nSPS) is 34.3. The summed E-state index contributed by atoms with van der Waals surface area (Å²) in [7, 11) is 0. The summed E-state index contributed by atoms with van der Waals surface area (Å²) in [6.07, 6.45) is 30.1. The van der Waals surface area contributed by atoms with Gasteiger partial charge in [-0.05, 0) is 131 Å². The lowest BCUT2D eigenvalue weighted by molar-refractivity contribution is -0.131. The Morgan fingerprint density at radius 3 is 2.50 bits per heavy atom. The van der Waals surface area contributed by atoms with Crippen LogP contribution >= 0.6 is 0 Å². The van der Waals surface area contributed by atoms with Crippen LogP contribution in [-0.4, -0.2) is 27.6 Å². The summed E-state index contributed by atoms with van der Waals surface area (Å²) in [5, 5.41) is 19.8.